The molecule has 0 saturated heterocycles. The molecule has 0 saturated carbocycles. The van der Waals surface area contributed by atoms with Crippen LogP contribution in [0.3, 0.4) is 0 Å². The van der Waals surface area contributed by atoms with Gasteiger partial charge in [0.2, 0.25) is 0 Å². The molecule has 0 aliphatic rings. The predicted molar refractivity (Wildman–Crippen MR) is 108 cm³/mol. The normalized spacial score (nSPS) is 12.1. The fraction of sp³-hybridized carbons (Fsp3) is 0.478. The van der Waals surface area contributed by atoms with Gasteiger partial charge in [-0.15, -0.1) is 0 Å². The second kappa shape index (κ2) is 8.59. The van der Waals surface area contributed by atoms with Gasteiger partial charge in [0.15, 0.2) is 11.5 Å². The number of hydrogen-bond acceptors (Lipinski definition) is 2. The minimum absolute atomic E-state index is 0.165. The Labute approximate surface area is 158 Å². The molecule has 142 valence electrons. The largest absolute Gasteiger partial charge is 0.493 e. The third kappa shape index (κ3) is 6.38. The highest BCUT2D eigenvalue weighted by Crippen LogP contribution is 2.32. The summed E-state index contributed by atoms with van der Waals surface area (Å²) in [6, 6.07) is 16.4. The zero-order valence-corrected chi connectivity index (χ0v) is 17.1. The summed E-state index contributed by atoms with van der Waals surface area (Å²) < 4.78 is 11.7. The molecule has 3 nitrogen and oxygen atoms in total. The molecule has 0 heterocycles. The van der Waals surface area contributed by atoms with Gasteiger partial charge < -0.3 is 14.8 Å². The molecular weight excluding hydrogens is 322 g/mol. The van der Waals surface area contributed by atoms with Gasteiger partial charge in [-0.1, -0.05) is 57.2 Å². The van der Waals surface area contributed by atoms with Crippen molar-refractivity contribution in [1.82, 2.24) is 0 Å². The molecule has 0 unspecified atom stereocenters. The standard InChI is InChI=1S/C23H33NO2/c1-22(2,3)17-23(4,5)24-15-19-13-10-14-20(25-6)21(19)26-16-18-11-8-7-9-12-18/h7-14,24H,15-17H2,1-6H3/p+1. The summed E-state index contributed by atoms with van der Waals surface area (Å²) in [5.41, 5.74) is 2.79. The first-order valence-corrected chi connectivity index (χ1v) is 9.37. The molecule has 3 heteroatoms. The number of methoxy groups -OCH3 is 1. The van der Waals surface area contributed by atoms with E-state index in [4.69, 9.17) is 9.47 Å². The number of nitrogens with two attached hydrogens (primary N) is 1. The molecule has 0 aliphatic heterocycles. The molecule has 0 aliphatic carbocycles. The lowest BCUT2D eigenvalue weighted by Gasteiger charge is -2.30. The van der Waals surface area contributed by atoms with Gasteiger partial charge in [0.25, 0.3) is 0 Å². The van der Waals surface area contributed by atoms with Gasteiger partial charge in [0.05, 0.1) is 18.2 Å². The Hall–Kier alpha value is -2.00. The lowest BCUT2D eigenvalue weighted by molar-refractivity contribution is -0.737. The van der Waals surface area contributed by atoms with Gasteiger partial charge in [0.1, 0.15) is 13.2 Å². The molecule has 2 aromatic carbocycles. The zero-order valence-electron chi connectivity index (χ0n) is 17.1. The van der Waals surface area contributed by atoms with Crippen molar-refractivity contribution in [1.29, 1.82) is 0 Å². The van der Waals surface area contributed by atoms with E-state index in [1.165, 1.54) is 5.56 Å². The Bertz CT molecular complexity index is 687. The van der Waals surface area contributed by atoms with Crippen LogP contribution in [0.1, 0.15) is 52.2 Å². The van der Waals surface area contributed by atoms with Gasteiger partial charge in [-0.3, -0.25) is 0 Å². The molecule has 0 spiro atoms. The number of benzene rings is 2. The maximum absolute atomic E-state index is 6.17. The lowest BCUT2D eigenvalue weighted by Crippen LogP contribution is -2.94. The minimum Gasteiger partial charge on any atom is -0.493 e. The Kier molecular flexibility index (Phi) is 6.71. The number of quaternary nitrogens is 1. The molecule has 2 aromatic rings. The molecule has 26 heavy (non-hydrogen) atoms. The maximum Gasteiger partial charge on any atom is 0.170 e. The quantitative estimate of drug-likeness (QED) is 0.753. The lowest BCUT2D eigenvalue weighted by atomic mass is 9.82. The van der Waals surface area contributed by atoms with Crippen LogP contribution in [-0.4, -0.2) is 12.6 Å². The van der Waals surface area contributed by atoms with Crippen molar-refractivity contribution in [2.45, 2.75) is 59.7 Å². The van der Waals surface area contributed by atoms with Crippen molar-refractivity contribution in [2.75, 3.05) is 7.11 Å². The van der Waals surface area contributed by atoms with E-state index in [1.54, 1.807) is 7.11 Å². The number of ether oxygens (including phenoxy) is 2. The monoisotopic (exact) mass is 356 g/mol. The van der Waals surface area contributed by atoms with Gasteiger partial charge >= 0.3 is 0 Å². The number of rotatable bonds is 8. The van der Waals surface area contributed by atoms with E-state index in [9.17, 15) is 0 Å². The van der Waals surface area contributed by atoms with Crippen molar-refractivity contribution in [2.24, 2.45) is 5.41 Å². The molecule has 0 amide bonds. The molecule has 2 rings (SSSR count). The van der Waals surface area contributed by atoms with Gasteiger partial charge in [-0.25, -0.2) is 0 Å². The van der Waals surface area contributed by atoms with Crippen molar-refractivity contribution >= 4 is 0 Å². The fourth-order valence-corrected chi connectivity index (χ4v) is 3.60. The van der Waals surface area contributed by atoms with Gasteiger partial charge in [0, 0.05) is 6.42 Å². The highest BCUT2D eigenvalue weighted by Gasteiger charge is 2.28. The minimum atomic E-state index is 0.165. The molecule has 0 bridgehead atoms. The van der Waals surface area contributed by atoms with E-state index in [2.05, 4.69) is 58.1 Å². The van der Waals surface area contributed by atoms with E-state index < -0.39 is 0 Å². The highest BCUT2D eigenvalue weighted by molar-refractivity contribution is 5.46. The summed E-state index contributed by atoms with van der Waals surface area (Å²) in [6.07, 6.45) is 1.14. The number of hydrogen-bond donors (Lipinski definition) is 1. The zero-order chi connectivity index (χ0) is 19.2. The van der Waals surface area contributed by atoms with Crippen LogP contribution in [-0.2, 0) is 13.2 Å². The van der Waals surface area contributed by atoms with Crippen LogP contribution < -0.4 is 14.8 Å². The second-order valence-corrected chi connectivity index (χ2v) is 8.86. The molecule has 2 N–H and O–H groups in total. The highest BCUT2D eigenvalue weighted by atomic mass is 16.5. The first kappa shape index (κ1) is 20.3. The van der Waals surface area contributed by atoms with Crippen molar-refractivity contribution in [3.05, 3.63) is 59.7 Å². The Morgan fingerprint density at radius 1 is 0.885 bits per heavy atom. The molecule has 0 atom stereocenters. The predicted octanol–water partition coefficient (Wildman–Crippen LogP) is 4.55. The SMILES string of the molecule is COc1cccc(C[NH2+]C(C)(C)CC(C)(C)C)c1OCc1ccccc1. The van der Waals surface area contributed by atoms with Crippen LogP contribution in [0.5, 0.6) is 11.5 Å². The van der Waals surface area contributed by atoms with Gasteiger partial charge in [-0.05, 0) is 37.0 Å². The summed E-state index contributed by atoms with van der Waals surface area (Å²) in [6.45, 7) is 12.9. The molecule has 0 fully saturated rings. The van der Waals surface area contributed by atoms with Crippen LogP contribution >= 0.6 is 0 Å². The van der Waals surface area contributed by atoms with Crippen LogP contribution in [0, 0.1) is 5.41 Å². The van der Waals surface area contributed by atoms with E-state index in [-0.39, 0.29) is 5.54 Å². The average Bonchev–Trinajstić information content (AvgIpc) is 2.57. The van der Waals surface area contributed by atoms with E-state index in [1.807, 2.05) is 30.3 Å². The second-order valence-electron chi connectivity index (χ2n) is 8.86. The van der Waals surface area contributed by atoms with Crippen molar-refractivity contribution < 1.29 is 14.8 Å². The Morgan fingerprint density at radius 2 is 1.58 bits per heavy atom. The third-order valence-electron chi connectivity index (χ3n) is 4.37. The van der Waals surface area contributed by atoms with Crippen molar-refractivity contribution in [3.8, 4) is 11.5 Å². The average molecular weight is 357 g/mol. The molecule has 0 radical (unpaired) electrons. The van der Waals surface area contributed by atoms with Crippen LogP contribution in [0.25, 0.3) is 0 Å². The Morgan fingerprint density at radius 3 is 2.19 bits per heavy atom. The molecular formula is C23H34NO2+. The van der Waals surface area contributed by atoms with Crippen LogP contribution in [0.15, 0.2) is 48.5 Å². The third-order valence-corrected chi connectivity index (χ3v) is 4.37. The fourth-order valence-electron chi connectivity index (χ4n) is 3.60. The molecule has 0 aromatic heterocycles. The summed E-state index contributed by atoms with van der Waals surface area (Å²) in [5.74, 6) is 1.64. The Balaban J connectivity index is 2.12. The summed E-state index contributed by atoms with van der Waals surface area (Å²) in [5, 5.41) is 2.41. The summed E-state index contributed by atoms with van der Waals surface area (Å²) >= 11 is 0. The van der Waals surface area contributed by atoms with E-state index in [0.29, 0.717) is 12.0 Å². The van der Waals surface area contributed by atoms with E-state index >= 15 is 0 Å². The van der Waals surface area contributed by atoms with E-state index in [0.717, 1.165) is 30.0 Å². The smallest absolute Gasteiger partial charge is 0.170 e. The topological polar surface area (TPSA) is 35.1 Å². The number of para-hydroxylation sites is 1. The van der Waals surface area contributed by atoms with Crippen LogP contribution in [0.2, 0.25) is 0 Å². The van der Waals surface area contributed by atoms with Crippen molar-refractivity contribution in [3.63, 3.8) is 0 Å². The van der Waals surface area contributed by atoms with Crippen LogP contribution in [0.4, 0.5) is 0 Å². The first-order chi connectivity index (χ1) is 12.2. The van der Waals surface area contributed by atoms with Gasteiger partial charge in [-0.2, -0.15) is 0 Å². The first-order valence-electron chi connectivity index (χ1n) is 9.37. The summed E-state index contributed by atoms with van der Waals surface area (Å²) in [4.78, 5) is 0. The summed E-state index contributed by atoms with van der Waals surface area (Å²) in [7, 11) is 1.70. The maximum atomic E-state index is 6.17.